The van der Waals surface area contributed by atoms with Crippen molar-refractivity contribution in [2.75, 3.05) is 31.3 Å². The van der Waals surface area contributed by atoms with E-state index in [9.17, 15) is 0 Å². The van der Waals surface area contributed by atoms with Crippen molar-refractivity contribution >= 4 is 11.5 Å². The average Bonchev–Trinajstić information content (AvgIpc) is 2.75. The molecule has 1 aromatic heterocycles. The van der Waals surface area contributed by atoms with E-state index in [-0.39, 0.29) is 0 Å². The summed E-state index contributed by atoms with van der Waals surface area (Å²) in [4.78, 5) is 2.04. The zero-order valence-corrected chi connectivity index (χ0v) is 10.7. The van der Waals surface area contributed by atoms with Crippen LogP contribution in [0.4, 0.5) is 11.5 Å². The molecular weight excluding hydrogens is 228 g/mol. The van der Waals surface area contributed by atoms with E-state index in [0.717, 1.165) is 23.6 Å². The van der Waals surface area contributed by atoms with Crippen LogP contribution in [-0.2, 0) is 6.42 Å². The number of aromatic nitrogens is 2. The van der Waals surface area contributed by atoms with Crippen LogP contribution in [-0.4, -0.2) is 30.9 Å². The number of nitrogens with zero attached hydrogens (tertiary/aromatic N) is 2. The topological polar surface area (TPSA) is 67.2 Å². The van der Waals surface area contributed by atoms with Gasteiger partial charge in [-0.05, 0) is 12.1 Å². The third kappa shape index (κ3) is 3.16. The molecule has 0 amide bonds. The first-order valence-electron chi connectivity index (χ1n) is 5.85. The van der Waals surface area contributed by atoms with Gasteiger partial charge in [-0.15, -0.1) is 0 Å². The van der Waals surface area contributed by atoms with Gasteiger partial charge in [-0.1, -0.05) is 6.07 Å². The van der Waals surface area contributed by atoms with Crippen LogP contribution in [0.5, 0.6) is 5.75 Å². The molecule has 0 fully saturated rings. The second-order valence-corrected chi connectivity index (χ2v) is 4.31. The molecule has 2 aromatic rings. The fourth-order valence-electron chi connectivity index (χ4n) is 1.64. The van der Waals surface area contributed by atoms with Crippen molar-refractivity contribution in [2.24, 2.45) is 0 Å². The van der Waals surface area contributed by atoms with E-state index in [2.05, 4.69) is 10.2 Å². The van der Waals surface area contributed by atoms with Gasteiger partial charge in [0.25, 0.3) is 0 Å². The fourth-order valence-corrected chi connectivity index (χ4v) is 1.64. The molecule has 0 bridgehead atoms. The molecule has 2 rings (SSSR count). The van der Waals surface area contributed by atoms with E-state index in [1.54, 1.807) is 0 Å². The number of anilines is 2. The molecule has 0 radical (unpaired) electrons. The predicted molar refractivity (Wildman–Crippen MR) is 73.0 cm³/mol. The van der Waals surface area contributed by atoms with E-state index in [1.807, 2.05) is 49.3 Å². The van der Waals surface area contributed by atoms with Crippen molar-refractivity contribution in [3.8, 4) is 5.75 Å². The Labute approximate surface area is 107 Å². The monoisotopic (exact) mass is 246 g/mol. The molecule has 0 aliphatic rings. The summed E-state index contributed by atoms with van der Waals surface area (Å²) in [5.74, 6) is 1.38. The predicted octanol–water partition coefficient (Wildman–Crippen LogP) is 1.68. The Morgan fingerprint density at radius 2 is 2.17 bits per heavy atom. The molecule has 5 heteroatoms. The number of nitrogens with two attached hydrogens (primary N) is 1. The molecule has 0 aliphatic heterocycles. The molecule has 0 saturated heterocycles. The molecular formula is C13H18N4O. The minimum atomic E-state index is 0.514. The Kier molecular flexibility index (Phi) is 3.72. The van der Waals surface area contributed by atoms with E-state index in [4.69, 9.17) is 10.5 Å². The van der Waals surface area contributed by atoms with Gasteiger partial charge in [-0.25, -0.2) is 0 Å². The van der Waals surface area contributed by atoms with Crippen LogP contribution in [0.3, 0.4) is 0 Å². The Morgan fingerprint density at radius 1 is 1.33 bits per heavy atom. The van der Waals surface area contributed by atoms with Crippen LogP contribution in [0.1, 0.15) is 5.69 Å². The largest absolute Gasteiger partial charge is 0.493 e. The standard InChI is InChI=1S/C13H18N4O/c1-17(2)11-4-3-5-12(9-11)18-7-6-10-8-13(14)16-15-10/h3-5,8-9H,6-7H2,1-2H3,(H3,14,15,16). The van der Waals surface area contributed by atoms with Gasteiger partial charge in [-0.3, -0.25) is 5.10 Å². The molecule has 96 valence electrons. The van der Waals surface area contributed by atoms with Crippen molar-refractivity contribution in [3.05, 3.63) is 36.0 Å². The van der Waals surface area contributed by atoms with Gasteiger partial charge < -0.3 is 15.4 Å². The molecule has 1 aromatic carbocycles. The number of nitrogen functional groups attached to an aromatic ring is 1. The average molecular weight is 246 g/mol. The SMILES string of the molecule is CN(C)c1cccc(OCCc2cc(N)n[nH]2)c1. The number of rotatable bonds is 5. The Bertz CT molecular complexity index is 507. The first kappa shape index (κ1) is 12.3. The van der Waals surface area contributed by atoms with E-state index >= 15 is 0 Å². The van der Waals surface area contributed by atoms with Crippen molar-refractivity contribution in [2.45, 2.75) is 6.42 Å². The van der Waals surface area contributed by atoms with Gasteiger partial charge in [0.1, 0.15) is 11.6 Å². The van der Waals surface area contributed by atoms with Crippen LogP contribution >= 0.6 is 0 Å². The highest BCUT2D eigenvalue weighted by Crippen LogP contribution is 2.19. The lowest BCUT2D eigenvalue weighted by atomic mass is 10.3. The number of benzene rings is 1. The van der Waals surface area contributed by atoms with Crippen LogP contribution < -0.4 is 15.4 Å². The lowest BCUT2D eigenvalue weighted by Gasteiger charge is -2.13. The Morgan fingerprint density at radius 3 is 2.83 bits per heavy atom. The number of aromatic amines is 1. The third-order valence-corrected chi connectivity index (χ3v) is 2.62. The summed E-state index contributed by atoms with van der Waals surface area (Å²) in [6.45, 7) is 0.596. The Balaban J connectivity index is 1.88. The zero-order chi connectivity index (χ0) is 13.0. The summed E-state index contributed by atoms with van der Waals surface area (Å²) in [5, 5.41) is 6.73. The van der Waals surface area contributed by atoms with Crippen molar-refractivity contribution in [3.63, 3.8) is 0 Å². The van der Waals surface area contributed by atoms with E-state index < -0.39 is 0 Å². The molecule has 5 nitrogen and oxygen atoms in total. The summed E-state index contributed by atoms with van der Waals surface area (Å²) < 4.78 is 5.69. The van der Waals surface area contributed by atoms with Gasteiger partial charge in [0.05, 0.1) is 6.61 Å². The maximum Gasteiger partial charge on any atom is 0.145 e. The van der Waals surface area contributed by atoms with Crippen molar-refractivity contribution < 1.29 is 4.74 Å². The smallest absolute Gasteiger partial charge is 0.145 e. The highest BCUT2D eigenvalue weighted by Gasteiger charge is 2.00. The minimum absolute atomic E-state index is 0.514. The molecule has 0 spiro atoms. The first-order valence-corrected chi connectivity index (χ1v) is 5.85. The quantitative estimate of drug-likeness (QED) is 0.842. The van der Waals surface area contributed by atoms with Crippen molar-refractivity contribution in [1.29, 1.82) is 0 Å². The van der Waals surface area contributed by atoms with Crippen LogP contribution in [0.25, 0.3) is 0 Å². The molecule has 1 heterocycles. The second-order valence-electron chi connectivity index (χ2n) is 4.31. The highest BCUT2D eigenvalue weighted by molar-refractivity contribution is 5.49. The summed E-state index contributed by atoms with van der Waals surface area (Å²) in [5.41, 5.74) is 7.63. The molecule has 18 heavy (non-hydrogen) atoms. The van der Waals surface area contributed by atoms with Crippen LogP contribution in [0, 0.1) is 0 Å². The first-order chi connectivity index (χ1) is 8.65. The number of ether oxygens (including phenoxy) is 1. The van der Waals surface area contributed by atoms with Gasteiger partial charge >= 0.3 is 0 Å². The molecule has 0 unspecified atom stereocenters. The zero-order valence-electron chi connectivity index (χ0n) is 10.7. The summed E-state index contributed by atoms with van der Waals surface area (Å²) in [7, 11) is 4.01. The third-order valence-electron chi connectivity index (χ3n) is 2.62. The number of hydrogen-bond donors (Lipinski definition) is 2. The minimum Gasteiger partial charge on any atom is -0.493 e. The van der Waals surface area contributed by atoms with E-state index in [1.165, 1.54) is 0 Å². The number of hydrogen-bond acceptors (Lipinski definition) is 4. The highest BCUT2D eigenvalue weighted by atomic mass is 16.5. The second kappa shape index (κ2) is 5.44. The van der Waals surface area contributed by atoms with Crippen LogP contribution in [0.2, 0.25) is 0 Å². The molecule has 3 N–H and O–H groups in total. The van der Waals surface area contributed by atoms with Gasteiger partial charge in [0.2, 0.25) is 0 Å². The van der Waals surface area contributed by atoms with Gasteiger partial charge in [0, 0.05) is 44.0 Å². The maximum atomic E-state index is 5.69. The lowest BCUT2D eigenvalue weighted by Crippen LogP contribution is -2.09. The molecule has 0 saturated carbocycles. The Hall–Kier alpha value is -2.17. The van der Waals surface area contributed by atoms with Gasteiger partial charge in [0.15, 0.2) is 0 Å². The summed E-state index contributed by atoms with van der Waals surface area (Å²) in [6.07, 6.45) is 0.760. The summed E-state index contributed by atoms with van der Waals surface area (Å²) in [6, 6.07) is 9.82. The molecule has 0 atom stereocenters. The molecule has 0 aliphatic carbocycles. The maximum absolute atomic E-state index is 5.69. The lowest BCUT2D eigenvalue weighted by molar-refractivity contribution is 0.320. The fraction of sp³-hybridized carbons (Fsp3) is 0.308. The number of H-pyrrole nitrogens is 1. The normalized spacial score (nSPS) is 10.3. The van der Waals surface area contributed by atoms with Gasteiger partial charge in [-0.2, -0.15) is 5.10 Å². The van der Waals surface area contributed by atoms with E-state index in [0.29, 0.717) is 12.4 Å². The van der Waals surface area contributed by atoms with Crippen molar-refractivity contribution in [1.82, 2.24) is 10.2 Å². The van der Waals surface area contributed by atoms with Crippen LogP contribution in [0.15, 0.2) is 30.3 Å². The summed E-state index contributed by atoms with van der Waals surface area (Å²) >= 11 is 0. The number of nitrogens with one attached hydrogen (secondary N) is 1.